The van der Waals surface area contributed by atoms with E-state index in [1.165, 1.54) is 5.56 Å². The van der Waals surface area contributed by atoms with E-state index in [4.69, 9.17) is 4.74 Å². The summed E-state index contributed by atoms with van der Waals surface area (Å²) in [4.78, 5) is 13.0. The molecule has 3 aromatic rings. The summed E-state index contributed by atoms with van der Waals surface area (Å²) in [7, 11) is -3.74. The van der Waals surface area contributed by atoms with E-state index in [1.54, 1.807) is 36.4 Å². The first-order valence-corrected chi connectivity index (χ1v) is 12.4. The summed E-state index contributed by atoms with van der Waals surface area (Å²) in [5.74, 6) is 0.586. The van der Waals surface area contributed by atoms with Gasteiger partial charge in [0, 0.05) is 0 Å². The molecule has 166 valence electrons. The maximum Gasteiger partial charge on any atom is 0.241 e. The van der Waals surface area contributed by atoms with Crippen molar-refractivity contribution in [3.05, 3.63) is 90.0 Å². The summed E-state index contributed by atoms with van der Waals surface area (Å²) in [5, 5.41) is 3.03. The molecular formula is C25H26N2O4S. The van der Waals surface area contributed by atoms with Crippen LogP contribution in [0.25, 0.3) is 0 Å². The summed E-state index contributed by atoms with van der Waals surface area (Å²) in [5.41, 5.74) is 2.65. The fourth-order valence-corrected chi connectivity index (χ4v) is 4.88. The van der Waals surface area contributed by atoms with Crippen LogP contribution in [0.3, 0.4) is 0 Å². The van der Waals surface area contributed by atoms with Crippen LogP contribution in [0.5, 0.6) is 11.5 Å². The standard InChI is InChI=1S/C25H26N2O4S/c1-32(29,30)27(23-16-7-8-17-24(23)31-20-12-3-2-4-13-20)18-25(28)26-22-15-9-11-19-10-5-6-14-21(19)22/h2-8,10,12-14,16-17,22H,9,11,15,18H2,1H3,(H,26,28). The molecular weight excluding hydrogens is 424 g/mol. The molecule has 4 rings (SSSR count). The number of benzene rings is 3. The van der Waals surface area contributed by atoms with Gasteiger partial charge in [-0.15, -0.1) is 0 Å². The zero-order valence-corrected chi connectivity index (χ0v) is 18.7. The van der Waals surface area contributed by atoms with Crippen molar-refractivity contribution in [2.24, 2.45) is 0 Å². The molecule has 0 heterocycles. The molecule has 0 bridgehead atoms. The number of carbonyl (C=O) groups is 1. The topological polar surface area (TPSA) is 75.7 Å². The van der Waals surface area contributed by atoms with Crippen LogP contribution < -0.4 is 14.4 Å². The number of aryl methyl sites for hydroxylation is 1. The quantitative estimate of drug-likeness (QED) is 0.577. The third-order valence-corrected chi connectivity index (χ3v) is 6.62. The van der Waals surface area contributed by atoms with Gasteiger partial charge < -0.3 is 10.1 Å². The van der Waals surface area contributed by atoms with Gasteiger partial charge in [0.15, 0.2) is 5.75 Å². The van der Waals surface area contributed by atoms with Crippen molar-refractivity contribution in [3.8, 4) is 11.5 Å². The molecule has 7 heteroatoms. The van der Waals surface area contributed by atoms with Gasteiger partial charge in [0.2, 0.25) is 15.9 Å². The normalized spacial score (nSPS) is 15.5. The van der Waals surface area contributed by atoms with Crippen LogP contribution in [-0.2, 0) is 21.2 Å². The molecule has 0 fully saturated rings. The highest BCUT2D eigenvalue weighted by atomic mass is 32.2. The molecule has 3 aromatic carbocycles. The first-order chi connectivity index (χ1) is 15.4. The highest BCUT2D eigenvalue weighted by Gasteiger charge is 2.27. The molecule has 0 saturated heterocycles. The molecule has 0 aliphatic heterocycles. The number of ether oxygens (including phenoxy) is 1. The van der Waals surface area contributed by atoms with E-state index in [-0.39, 0.29) is 18.5 Å². The van der Waals surface area contributed by atoms with Crippen molar-refractivity contribution < 1.29 is 17.9 Å². The number of hydrogen-bond donors (Lipinski definition) is 1. The Bertz CT molecular complexity index is 1200. The van der Waals surface area contributed by atoms with Crippen LogP contribution in [0.1, 0.15) is 30.0 Å². The summed E-state index contributed by atoms with van der Waals surface area (Å²) < 4.78 is 32.3. The predicted octanol–water partition coefficient (Wildman–Crippen LogP) is 4.44. The highest BCUT2D eigenvalue weighted by molar-refractivity contribution is 7.92. The number of nitrogens with zero attached hydrogens (tertiary/aromatic N) is 1. The van der Waals surface area contributed by atoms with Crippen LogP contribution in [0.15, 0.2) is 78.9 Å². The number of para-hydroxylation sites is 3. The smallest absolute Gasteiger partial charge is 0.241 e. The second-order valence-corrected chi connectivity index (χ2v) is 9.77. The van der Waals surface area contributed by atoms with Crippen molar-refractivity contribution in [2.45, 2.75) is 25.3 Å². The number of rotatable bonds is 7. The second kappa shape index (κ2) is 9.44. The molecule has 0 radical (unpaired) electrons. The van der Waals surface area contributed by atoms with Crippen molar-refractivity contribution in [2.75, 3.05) is 17.1 Å². The van der Waals surface area contributed by atoms with E-state index in [9.17, 15) is 13.2 Å². The summed E-state index contributed by atoms with van der Waals surface area (Å²) in [6.45, 7) is -0.327. The number of amides is 1. The van der Waals surface area contributed by atoms with Gasteiger partial charge in [0.05, 0.1) is 18.0 Å². The fourth-order valence-electron chi connectivity index (χ4n) is 4.02. The summed E-state index contributed by atoms with van der Waals surface area (Å²) >= 11 is 0. The van der Waals surface area contributed by atoms with Gasteiger partial charge >= 0.3 is 0 Å². The van der Waals surface area contributed by atoms with E-state index < -0.39 is 10.0 Å². The molecule has 1 aliphatic carbocycles. The van der Waals surface area contributed by atoms with E-state index >= 15 is 0 Å². The Labute approximate surface area is 188 Å². The first kappa shape index (κ1) is 21.9. The zero-order chi connectivity index (χ0) is 22.6. The molecule has 1 unspecified atom stereocenters. The molecule has 1 aliphatic rings. The molecule has 0 aromatic heterocycles. The van der Waals surface area contributed by atoms with Crippen LogP contribution >= 0.6 is 0 Å². The van der Waals surface area contributed by atoms with Crippen LogP contribution in [0.2, 0.25) is 0 Å². The number of carbonyl (C=O) groups excluding carboxylic acids is 1. The molecule has 1 amide bonds. The number of hydrogen-bond acceptors (Lipinski definition) is 4. The van der Waals surface area contributed by atoms with Gasteiger partial charge in [-0.3, -0.25) is 9.10 Å². The van der Waals surface area contributed by atoms with Crippen molar-refractivity contribution in [1.29, 1.82) is 0 Å². The number of fused-ring (bicyclic) bond motifs is 1. The van der Waals surface area contributed by atoms with Gasteiger partial charge in [-0.1, -0.05) is 54.6 Å². The van der Waals surface area contributed by atoms with Crippen LogP contribution in [-0.4, -0.2) is 27.1 Å². The molecule has 0 spiro atoms. The Morgan fingerprint density at radius 1 is 1.00 bits per heavy atom. The van der Waals surface area contributed by atoms with Crippen LogP contribution in [0.4, 0.5) is 5.69 Å². The minimum absolute atomic E-state index is 0.121. The third kappa shape index (κ3) is 5.11. The Balaban J connectivity index is 1.57. The Hall–Kier alpha value is -3.32. The SMILES string of the molecule is CS(=O)(=O)N(CC(=O)NC1CCCc2ccccc21)c1ccccc1Oc1ccccc1. The first-order valence-electron chi connectivity index (χ1n) is 10.6. The average Bonchev–Trinajstić information content (AvgIpc) is 2.78. The Morgan fingerprint density at radius 2 is 1.69 bits per heavy atom. The lowest BCUT2D eigenvalue weighted by Gasteiger charge is -2.28. The monoisotopic (exact) mass is 450 g/mol. The fraction of sp³-hybridized carbons (Fsp3) is 0.240. The third-order valence-electron chi connectivity index (χ3n) is 5.50. The second-order valence-electron chi connectivity index (χ2n) is 7.86. The van der Waals surface area contributed by atoms with E-state index in [0.717, 1.165) is 35.4 Å². The lowest BCUT2D eigenvalue weighted by atomic mass is 9.88. The Morgan fingerprint density at radius 3 is 2.47 bits per heavy atom. The largest absolute Gasteiger partial charge is 0.455 e. The van der Waals surface area contributed by atoms with Crippen molar-refractivity contribution in [1.82, 2.24) is 5.32 Å². The highest BCUT2D eigenvalue weighted by Crippen LogP contribution is 2.34. The molecule has 0 saturated carbocycles. The van der Waals surface area contributed by atoms with Crippen molar-refractivity contribution in [3.63, 3.8) is 0 Å². The maximum absolute atomic E-state index is 13.0. The van der Waals surface area contributed by atoms with Crippen molar-refractivity contribution >= 4 is 21.6 Å². The summed E-state index contributed by atoms with van der Waals surface area (Å²) in [6.07, 6.45) is 3.89. The van der Waals surface area contributed by atoms with Gasteiger partial charge in [-0.05, 0) is 54.7 Å². The lowest BCUT2D eigenvalue weighted by molar-refractivity contribution is -0.120. The van der Waals surface area contributed by atoms with Crippen LogP contribution in [0, 0.1) is 0 Å². The average molecular weight is 451 g/mol. The minimum Gasteiger partial charge on any atom is -0.455 e. The van der Waals surface area contributed by atoms with Gasteiger partial charge in [0.1, 0.15) is 12.3 Å². The molecule has 1 atom stereocenters. The predicted molar refractivity (Wildman–Crippen MR) is 125 cm³/mol. The Kier molecular flexibility index (Phi) is 6.46. The lowest BCUT2D eigenvalue weighted by Crippen LogP contribution is -2.42. The summed E-state index contributed by atoms with van der Waals surface area (Å²) in [6, 6.07) is 23.9. The maximum atomic E-state index is 13.0. The van der Waals surface area contributed by atoms with Gasteiger partial charge in [-0.2, -0.15) is 0 Å². The zero-order valence-electron chi connectivity index (χ0n) is 17.9. The van der Waals surface area contributed by atoms with E-state index in [2.05, 4.69) is 11.4 Å². The van der Waals surface area contributed by atoms with E-state index in [1.807, 2.05) is 36.4 Å². The number of sulfonamides is 1. The van der Waals surface area contributed by atoms with E-state index in [0.29, 0.717) is 17.2 Å². The number of nitrogens with one attached hydrogen (secondary N) is 1. The molecule has 32 heavy (non-hydrogen) atoms. The molecule has 1 N–H and O–H groups in total. The minimum atomic E-state index is -3.74. The molecule has 6 nitrogen and oxygen atoms in total. The number of anilines is 1. The van der Waals surface area contributed by atoms with Gasteiger partial charge in [-0.25, -0.2) is 8.42 Å². The van der Waals surface area contributed by atoms with Gasteiger partial charge in [0.25, 0.3) is 0 Å².